The Balaban J connectivity index is 2.32. The fourth-order valence-electron chi connectivity index (χ4n) is 6.41. The van der Waals surface area contributed by atoms with Gasteiger partial charge in [-0.3, -0.25) is 19.2 Å². The SMILES string of the molecule is C=C1C(OC(C)=O)[C@@H](OC(=O)C(C)CC)C(=O)C(C)(C)/C=C/[C@@H](C)[C@@H](O)[C@@]2(O)C[C@H](C)[C@H](OC(=O)c3ccccc3)[C@@H]2C1OC(C)=O. The summed E-state index contributed by atoms with van der Waals surface area (Å²) in [5, 5.41) is 24.2. The monoisotopic (exact) mass is 656 g/mol. The van der Waals surface area contributed by atoms with Gasteiger partial charge in [-0.1, -0.05) is 64.6 Å². The number of fused-ring (bicyclic) bond motifs is 1. The summed E-state index contributed by atoms with van der Waals surface area (Å²) < 4.78 is 23.2. The van der Waals surface area contributed by atoms with Crippen molar-refractivity contribution in [1.82, 2.24) is 0 Å². The molecule has 1 aromatic carbocycles. The van der Waals surface area contributed by atoms with Gasteiger partial charge >= 0.3 is 23.9 Å². The topological polar surface area (TPSA) is 163 Å². The number of ketones is 1. The van der Waals surface area contributed by atoms with Crippen LogP contribution in [0.2, 0.25) is 0 Å². The molecule has 11 heteroatoms. The van der Waals surface area contributed by atoms with E-state index < -0.39 is 94.9 Å². The molecule has 2 aliphatic rings. The molecule has 1 fully saturated rings. The van der Waals surface area contributed by atoms with Gasteiger partial charge in [-0.15, -0.1) is 0 Å². The second kappa shape index (κ2) is 14.9. The van der Waals surface area contributed by atoms with E-state index in [9.17, 15) is 34.2 Å². The van der Waals surface area contributed by atoms with Crippen molar-refractivity contribution in [2.75, 3.05) is 0 Å². The zero-order chi connectivity index (χ0) is 35.4. The zero-order valence-corrected chi connectivity index (χ0v) is 28.4. The summed E-state index contributed by atoms with van der Waals surface area (Å²) in [6, 6.07) is 8.16. The fraction of sp³-hybridized carbons (Fsp3) is 0.583. The number of carbonyl (C=O) groups excluding carboxylic acids is 5. The van der Waals surface area contributed by atoms with Crippen molar-refractivity contribution in [2.45, 2.75) is 104 Å². The van der Waals surface area contributed by atoms with Gasteiger partial charge in [0.05, 0.1) is 23.5 Å². The Bertz CT molecular complexity index is 1380. The van der Waals surface area contributed by atoms with Crippen molar-refractivity contribution in [3.8, 4) is 0 Å². The molecule has 0 radical (unpaired) electrons. The molecule has 11 nitrogen and oxygen atoms in total. The highest BCUT2D eigenvalue weighted by Gasteiger charge is 2.62. The van der Waals surface area contributed by atoms with Gasteiger partial charge in [0, 0.05) is 30.8 Å². The predicted molar refractivity (Wildman–Crippen MR) is 171 cm³/mol. The first kappa shape index (κ1) is 37.6. The summed E-state index contributed by atoms with van der Waals surface area (Å²) in [6.07, 6.45) is -4.26. The first-order valence-electron chi connectivity index (χ1n) is 16.0. The van der Waals surface area contributed by atoms with Crippen molar-refractivity contribution in [3.05, 3.63) is 60.2 Å². The smallest absolute Gasteiger partial charge is 0.338 e. The van der Waals surface area contributed by atoms with Crippen molar-refractivity contribution in [3.63, 3.8) is 0 Å². The molecule has 0 spiro atoms. The first-order chi connectivity index (χ1) is 21.8. The molecule has 258 valence electrons. The van der Waals surface area contributed by atoms with Gasteiger partial charge in [0.25, 0.3) is 0 Å². The van der Waals surface area contributed by atoms with Gasteiger partial charge in [-0.2, -0.15) is 0 Å². The van der Waals surface area contributed by atoms with E-state index in [-0.39, 0.29) is 17.6 Å². The van der Waals surface area contributed by atoms with E-state index >= 15 is 0 Å². The van der Waals surface area contributed by atoms with E-state index in [1.807, 2.05) is 0 Å². The molecule has 0 bridgehead atoms. The van der Waals surface area contributed by atoms with Crippen molar-refractivity contribution in [2.24, 2.45) is 29.1 Å². The van der Waals surface area contributed by atoms with E-state index in [4.69, 9.17) is 18.9 Å². The average Bonchev–Trinajstić information content (AvgIpc) is 3.27. The van der Waals surface area contributed by atoms with Gasteiger partial charge in [-0.05, 0) is 44.7 Å². The van der Waals surface area contributed by atoms with Gasteiger partial charge in [-0.25, -0.2) is 4.79 Å². The molecule has 3 unspecified atom stereocenters. The van der Waals surface area contributed by atoms with E-state index in [1.165, 1.54) is 6.08 Å². The lowest BCUT2D eigenvalue weighted by Gasteiger charge is -2.44. The molecule has 0 saturated heterocycles. The third kappa shape index (κ3) is 8.19. The number of esters is 4. The maximum atomic E-state index is 14.2. The highest BCUT2D eigenvalue weighted by Crippen LogP contribution is 2.50. The summed E-state index contributed by atoms with van der Waals surface area (Å²) in [5.41, 5.74) is -3.36. The molecular formula is C36H48O11. The highest BCUT2D eigenvalue weighted by molar-refractivity contribution is 5.93. The Kier molecular flexibility index (Phi) is 12.0. The molecule has 0 aromatic heterocycles. The van der Waals surface area contributed by atoms with E-state index in [0.717, 1.165) is 13.8 Å². The molecule has 1 aromatic rings. The minimum Gasteiger partial charge on any atom is -0.458 e. The summed E-state index contributed by atoms with van der Waals surface area (Å²) in [6.45, 7) is 16.2. The van der Waals surface area contributed by atoms with Gasteiger partial charge < -0.3 is 29.2 Å². The molecule has 2 N–H and O–H groups in total. The largest absolute Gasteiger partial charge is 0.458 e. The Labute approximate surface area is 276 Å². The fourth-order valence-corrected chi connectivity index (χ4v) is 6.41. The van der Waals surface area contributed by atoms with Crippen LogP contribution in [0.15, 0.2) is 54.6 Å². The van der Waals surface area contributed by atoms with Crippen LogP contribution in [0.5, 0.6) is 0 Å². The van der Waals surface area contributed by atoms with Gasteiger partial charge in [0.1, 0.15) is 17.8 Å². The number of hydrogen-bond acceptors (Lipinski definition) is 11. The van der Waals surface area contributed by atoms with E-state index in [1.54, 1.807) is 78.0 Å². The maximum absolute atomic E-state index is 14.2. The minimum absolute atomic E-state index is 0.0816. The summed E-state index contributed by atoms with van der Waals surface area (Å²) in [4.78, 5) is 66.0. The van der Waals surface area contributed by atoms with Crippen molar-refractivity contribution in [1.29, 1.82) is 0 Å². The van der Waals surface area contributed by atoms with Crippen LogP contribution in [0.3, 0.4) is 0 Å². The van der Waals surface area contributed by atoms with E-state index in [2.05, 4.69) is 6.58 Å². The molecule has 0 amide bonds. The summed E-state index contributed by atoms with van der Waals surface area (Å²) in [5.74, 6) is -7.10. The van der Waals surface area contributed by atoms with Crippen LogP contribution in [0.25, 0.3) is 0 Å². The number of aliphatic hydroxyl groups excluding tert-OH is 1. The number of allylic oxidation sites excluding steroid dienone is 1. The number of rotatable bonds is 7. The van der Waals surface area contributed by atoms with Crippen LogP contribution in [0, 0.1) is 29.1 Å². The number of ether oxygens (including phenoxy) is 4. The number of aliphatic hydroxyl groups is 2. The molecule has 0 aliphatic heterocycles. The number of benzene rings is 1. The number of Topliss-reactive ketones (excluding diaryl/α,β-unsaturated/α-hetero) is 1. The molecule has 3 rings (SSSR count). The van der Waals surface area contributed by atoms with Crippen molar-refractivity contribution >= 4 is 29.7 Å². The third-order valence-electron chi connectivity index (χ3n) is 9.29. The van der Waals surface area contributed by atoms with Crippen molar-refractivity contribution < 1.29 is 53.1 Å². The van der Waals surface area contributed by atoms with Crippen LogP contribution in [-0.4, -0.2) is 76.0 Å². The maximum Gasteiger partial charge on any atom is 0.338 e. The molecule has 10 atom stereocenters. The lowest BCUT2D eigenvalue weighted by atomic mass is 9.72. The Hall–Kier alpha value is -3.83. The molecule has 47 heavy (non-hydrogen) atoms. The molecule has 1 saturated carbocycles. The Morgan fingerprint density at radius 3 is 2.09 bits per heavy atom. The van der Waals surface area contributed by atoms with Crippen LogP contribution in [0.4, 0.5) is 0 Å². The van der Waals surface area contributed by atoms with Crippen LogP contribution in [-0.2, 0) is 38.1 Å². The van der Waals surface area contributed by atoms with Gasteiger partial charge in [0.15, 0.2) is 11.9 Å². The lowest BCUT2D eigenvalue weighted by molar-refractivity contribution is -0.181. The molecule has 2 aliphatic carbocycles. The van der Waals surface area contributed by atoms with Crippen LogP contribution in [0.1, 0.15) is 78.6 Å². The third-order valence-corrected chi connectivity index (χ3v) is 9.29. The second-order valence-electron chi connectivity index (χ2n) is 13.5. The Morgan fingerprint density at radius 2 is 1.53 bits per heavy atom. The summed E-state index contributed by atoms with van der Waals surface area (Å²) >= 11 is 0. The summed E-state index contributed by atoms with van der Waals surface area (Å²) in [7, 11) is 0. The molecular weight excluding hydrogens is 608 g/mol. The number of hydrogen-bond donors (Lipinski definition) is 2. The normalized spacial score (nSPS) is 33.7. The molecule has 0 heterocycles. The van der Waals surface area contributed by atoms with Crippen LogP contribution >= 0.6 is 0 Å². The Morgan fingerprint density at radius 1 is 0.957 bits per heavy atom. The average molecular weight is 657 g/mol. The lowest BCUT2D eigenvalue weighted by Crippen LogP contribution is -2.58. The quantitative estimate of drug-likeness (QED) is 0.246. The van der Waals surface area contributed by atoms with E-state index in [0.29, 0.717) is 6.42 Å². The number of carbonyl (C=O) groups is 5. The zero-order valence-electron chi connectivity index (χ0n) is 28.4. The second-order valence-corrected chi connectivity index (χ2v) is 13.5. The first-order valence-corrected chi connectivity index (χ1v) is 16.0. The standard InChI is InChI=1S/C36H48O11/c1-10-19(2)33(41)47-30-29(45-24(7)38)22(5)28(44-23(6)37)26-27(46-34(42)25-14-12-11-13-15-25)21(4)18-36(26,43)31(39)20(3)16-17-35(8,9)32(30)40/h11-17,19-21,26-31,39,43H,5,10,18H2,1-4,6-9H3/b17-16+/t19?,20-,21+,26-,27+,28?,29?,30-,31-,36-/m1/s1. The van der Waals surface area contributed by atoms with Crippen LogP contribution < -0.4 is 0 Å². The van der Waals surface area contributed by atoms with Gasteiger partial charge in [0.2, 0.25) is 6.10 Å². The highest BCUT2D eigenvalue weighted by atomic mass is 16.6. The minimum atomic E-state index is -2.05. The predicted octanol–water partition coefficient (Wildman–Crippen LogP) is 4.14.